The molecule has 7 heteroatoms. The fourth-order valence-electron chi connectivity index (χ4n) is 4.32. The van der Waals surface area contributed by atoms with Gasteiger partial charge in [-0.1, -0.05) is 12.1 Å². The first-order chi connectivity index (χ1) is 12.7. The van der Waals surface area contributed by atoms with Crippen molar-refractivity contribution in [1.82, 2.24) is 4.90 Å². The molecule has 148 valence electrons. The molecule has 3 aliphatic rings. The maximum Gasteiger partial charge on any atom is 0.349 e. The van der Waals surface area contributed by atoms with Crippen LogP contribution in [0, 0.1) is 11.8 Å². The average molecular weight is 472 g/mol. The first-order valence-electron chi connectivity index (χ1n) is 9.38. The van der Waals surface area contributed by atoms with Crippen molar-refractivity contribution in [3.63, 3.8) is 0 Å². The van der Waals surface area contributed by atoms with Gasteiger partial charge in [0.15, 0.2) is 0 Å². The Morgan fingerprint density at radius 2 is 1.81 bits per heavy atom. The number of thiophene rings is 2. The predicted molar refractivity (Wildman–Crippen MR) is 115 cm³/mol. The van der Waals surface area contributed by atoms with Gasteiger partial charge in [-0.25, -0.2) is 4.79 Å². The summed E-state index contributed by atoms with van der Waals surface area (Å²) in [7, 11) is 0. The van der Waals surface area contributed by atoms with Crippen molar-refractivity contribution < 1.29 is 14.6 Å². The molecule has 0 aromatic carbocycles. The third kappa shape index (κ3) is 4.32. The highest BCUT2D eigenvalue weighted by Gasteiger charge is 2.43. The topological polar surface area (TPSA) is 49.8 Å². The Hall–Kier alpha value is -0.730. The van der Waals surface area contributed by atoms with Gasteiger partial charge in [-0.3, -0.25) is 0 Å². The number of hydrogen-bond acceptors (Lipinski definition) is 6. The Bertz CT molecular complexity index is 677. The lowest BCUT2D eigenvalue weighted by Gasteiger charge is -2.45. The fraction of sp³-hybridized carbons (Fsp3) is 0.550. The molecule has 0 spiro atoms. The number of fused-ring (bicyclic) bond motifs is 3. The molecule has 1 N–H and O–H groups in total. The van der Waals surface area contributed by atoms with Crippen LogP contribution in [-0.4, -0.2) is 42.2 Å². The number of aliphatic hydroxyl groups is 1. The molecule has 0 saturated carbocycles. The van der Waals surface area contributed by atoms with Crippen molar-refractivity contribution in [1.29, 1.82) is 0 Å². The van der Waals surface area contributed by atoms with Gasteiger partial charge in [-0.2, -0.15) is 0 Å². The number of hydrogen-bond donors (Lipinski definition) is 1. The summed E-state index contributed by atoms with van der Waals surface area (Å²) in [4.78, 5) is 16.6. The van der Waals surface area contributed by atoms with Crippen LogP contribution in [0.2, 0.25) is 0 Å². The van der Waals surface area contributed by atoms with E-state index in [0.29, 0.717) is 16.4 Å². The molecule has 27 heavy (non-hydrogen) atoms. The molecule has 3 aliphatic heterocycles. The van der Waals surface area contributed by atoms with Gasteiger partial charge in [-0.15, -0.1) is 39.7 Å². The number of esters is 1. The SMILES string of the molecule is Br.O=C(OCCC[C@H]1CN2CCC1CC2)C(O)(c1cccs1)c1cccs1. The number of rotatable bonds is 7. The second-order valence-corrected chi connectivity index (χ2v) is 9.24. The molecule has 3 fully saturated rings. The lowest BCUT2D eigenvalue weighted by Crippen LogP contribution is -2.47. The minimum Gasteiger partial charge on any atom is -0.463 e. The van der Waals surface area contributed by atoms with Gasteiger partial charge in [0.2, 0.25) is 5.60 Å². The first kappa shape index (κ1) is 21.0. The monoisotopic (exact) mass is 471 g/mol. The molecule has 2 aromatic heterocycles. The Kier molecular flexibility index (Phi) is 7.14. The summed E-state index contributed by atoms with van der Waals surface area (Å²) in [6.45, 7) is 4.09. The van der Waals surface area contributed by atoms with Crippen LogP contribution in [0.25, 0.3) is 0 Å². The van der Waals surface area contributed by atoms with Crippen molar-refractivity contribution in [3.8, 4) is 0 Å². The average Bonchev–Trinajstić information content (AvgIpc) is 3.40. The van der Waals surface area contributed by atoms with Gasteiger partial charge in [0.1, 0.15) is 0 Å². The molecular weight excluding hydrogens is 446 g/mol. The van der Waals surface area contributed by atoms with E-state index < -0.39 is 11.6 Å². The molecule has 5 rings (SSSR count). The quantitative estimate of drug-likeness (QED) is 0.483. The minimum absolute atomic E-state index is 0. The number of carbonyl (C=O) groups excluding carboxylic acids is 1. The summed E-state index contributed by atoms with van der Waals surface area (Å²) in [6, 6.07) is 7.27. The Morgan fingerprint density at radius 3 is 2.30 bits per heavy atom. The van der Waals surface area contributed by atoms with Gasteiger partial charge < -0.3 is 14.7 Å². The maximum atomic E-state index is 12.8. The zero-order chi connectivity index (χ0) is 18.0. The van der Waals surface area contributed by atoms with Crippen LogP contribution in [0.5, 0.6) is 0 Å². The van der Waals surface area contributed by atoms with Gasteiger partial charge in [0.25, 0.3) is 0 Å². The van der Waals surface area contributed by atoms with E-state index in [1.54, 1.807) is 12.1 Å². The lowest BCUT2D eigenvalue weighted by atomic mass is 9.77. The number of piperidine rings is 3. The van der Waals surface area contributed by atoms with Crippen molar-refractivity contribution in [2.24, 2.45) is 11.8 Å². The number of halogens is 1. The predicted octanol–water partition coefficient (Wildman–Crippen LogP) is 4.29. The van der Waals surface area contributed by atoms with Crippen LogP contribution in [-0.2, 0) is 15.1 Å². The number of carbonyl (C=O) groups is 1. The summed E-state index contributed by atoms with van der Waals surface area (Å²) in [6.07, 6.45) is 4.61. The smallest absolute Gasteiger partial charge is 0.349 e. The zero-order valence-electron chi connectivity index (χ0n) is 15.2. The summed E-state index contributed by atoms with van der Waals surface area (Å²) < 4.78 is 5.54. The lowest BCUT2D eigenvalue weighted by molar-refractivity contribution is -0.161. The van der Waals surface area contributed by atoms with Crippen molar-refractivity contribution in [3.05, 3.63) is 44.8 Å². The minimum atomic E-state index is -1.68. The summed E-state index contributed by atoms with van der Waals surface area (Å²) in [5, 5.41) is 14.9. The van der Waals surface area contributed by atoms with Gasteiger partial charge in [0.05, 0.1) is 16.4 Å². The van der Waals surface area contributed by atoms with Crippen LogP contribution < -0.4 is 0 Å². The Balaban J connectivity index is 0.00000210. The standard InChI is InChI=1S/C20H25NO3S2.BrH/c22-19(20(23,17-5-2-12-25-17)18-6-3-13-26-18)24-11-1-4-16-14-21-9-7-15(16)8-10-21;/h2-3,5-6,12-13,15-16,23H,1,4,7-11,14H2;1H/t16-;/m0./s1. The second-order valence-electron chi connectivity index (χ2n) is 7.34. The highest BCUT2D eigenvalue weighted by atomic mass is 79.9. The van der Waals surface area contributed by atoms with E-state index in [1.165, 1.54) is 55.1 Å². The molecule has 4 nitrogen and oxygen atoms in total. The molecule has 0 aliphatic carbocycles. The highest BCUT2D eigenvalue weighted by Crippen LogP contribution is 2.37. The number of ether oxygens (including phenoxy) is 1. The van der Waals surface area contributed by atoms with E-state index in [9.17, 15) is 9.90 Å². The summed E-state index contributed by atoms with van der Waals surface area (Å²) >= 11 is 2.75. The van der Waals surface area contributed by atoms with Crippen molar-refractivity contribution in [2.45, 2.75) is 31.3 Å². The van der Waals surface area contributed by atoms with E-state index >= 15 is 0 Å². The molecular formula is C20H26BrNO3S2. The maximum absolute atomic E-state index is 12.8. The van der Waals surface area contributed by atoms with E-state index in [2.05, 4.69) is 4.90 Å². The molecule has 1 atom stereocenters. The van der Waals surface area contributed by atoms with Gasteiger partial charge in [-0.05, 0) is 73.5 Å². The molecule has 0 radical (unpaired) electrons. The summed E-state index contributed by atoms with van der Waals surface area (Å²) in [5.74, 6) is 1.03. The highest BCUT2D eigenvalue weighted by molar-refractivity contribution is 8.93. The molecule has 0 unspecified atom stereocenters. The third-order valence-corrected chi connectivity index (χ3v) is 7.75. The van der Waals surface area contributed by atoms with Crippen molar-refractivity contribution in [2.75, 3.05) is 26.2 Å². The molecule has 2 aromatic rings. The van der Waals surface area contributed by atoms with Crippen LogP contribution in [0.1, 0.15) is 35.4 Å². The van der Waals surface area contributed by atoms with Crippen LogP contribution >= 0.6 is 39.7 Å². The molecule has 3 saturated heterocycles. The van der Waals surface area contributed by atoms with E-state index in [1.807, 2.05) is 22.9 Å². The van der Waals surface area contributed by atoms with Crippen LogP contribution in [0.4, 0.5) is 0 Å². The van der Waals surface area contributed by atoms with E-state index in [-0.39, 0.29) is 17.0 Å². The van der Waals surface area contributed by atoms with Gasteiger partial charge in [0, 0.05) is 6.54 Å². The largest absolute Gasteiger partial charge is 0.463 e. The van der Waals surface area contributed by atoms with Crippen LogP contribution in [0.3, 0.4) is 0 Å². The third-order valence-electron chi connectivity index (χ3n) is 5.79. The second kappa shape index (κ2) is 9.18. The first-order valence-corrected chi connectivity index (χ1v) is 11.1. The normalized spacial score (nSPS) is 24.4. The summed E-state index contributed by atoms with van der Waals surface area (Å²) in [5.41, 5.74) is -1.68. The molecule has 2 bridgehead atoms. The molecule has 5 heterocycles. The Morgan fingerprint density at radius 1 is 1.19 bits per heavy atom. The van der Waals surface area contributed by atoms with E-state index in [0.717, 1.165) is 24.7 Å². The van der Waals surface area contributed by atoms with Crippen LogP contribution in [0.15, 0.2) is 35.0 Å². The van der Waals surface area contributed by atoms with E-state index in [4.69, 9.17) is 4.74 Å². The Labute approximate surface area is 178 Å². The van der Waals surface area contributed by atoms with Crippen molar-refractivity contribution >= 4 is 45.6 Å². The fourth-order valence-corrected chi connectivity index (χ4v) is 6.03. The number of nitrogens with zero attached hydrogens (tertiary/aromatic N) is 1. The zero-order valence-corrected chi connectivity index (χ0v) is 18.6. The molecule has 0 amide bonds. The van der Waals surface area contributed by atoms with Gasteiger partial charge >= 0.3 is 5.97 Å².